The monoisotopic (exact) mass is 470 g/mol. The summed E-state index contributed by atoms with van der Waals surface area (Å²) in [5, 5.41) is 4.22. The molecule has 0 bridgehead atoms. The highest BCUT2D eigenvalue weighted by molar-refractivity contribution is 5.90. The second-order valence-electron chi connectivity index (χ2n) is 10.1. The molecule has 1 N–H and O–H groups in total. The molecule has 4 heterocycles. The quantitative estimate of drug-likeness (QED) is 0.680. The predicted octanol–water partition coefficient (Wildman–Crippen LogP) is 4.11. The van der Waals surface area contributed by atoms with Gasteiger partial charge in [0.25, 0.3) is 0 Å². The van der Waals surface area contributed by atoms with E-state index in [9.17, 15) is 4.79 Å². The highest BCUT2D eigenvalue weighted by Crippen LogP contribution is 2.30. The van der Waals surface area contributed by atoms with Gasteiger partial charge in [0, 0.05) is 56.8 Å². The summed E-state index contributed by atoms with van der Waals surface area (Å²) < 4.78 is 16.5. The van der Waals surface area contributed by atoms with Crippen molar-refractivity contribution in [3.05, 3.63) is 24.1 Å². The van der Waals surface area contributed by atoms with Crippen LogP contribution in [-0.2, 0) is 9.47 Å². The van der Waals surface area contributed by atoms with Gasteiger partial charge in [-0.1, -0.05) is 0 Å². The molecule has 1 saturated carbocycles. The summed E-state index contributed by atoms with van der Waals surface area (Å²) >= 11 is 0. The van der Waals surface area contributed by atoms with E-state index in [2.05, 4.69) is 15.1 Å². The SMILES string of the molecule is Cc1cnc(N2CCN(CCC3CCC(NC(=O)OC4CCOCC4)CC3)CC2)c2ccoc12. The minimum absolute atomic E-state index is 0.0121. The summed E-state index contributed by atoms with van der Waals surface area (Å²) in [6.07, 6.45) is 10.8. The lowest BCUT2D eigenvalue weighted by molar-refractivity contribution is 0.000273. The Labute approximate surface area is 202 Å². The lowest BCUT2D eigenvalue weighted by Crippen LogP contribution is -2.47. The van der Waals surface area contributed by atoms with Crippen LogP contribution in [0.1, 0.15) is 50.5 Å². The fraction of sp³-hybridized carbons (Fsp3) is 0.692. The number of anilines is 1. The minimum atomic E-state index is -0.246. The number of hydrogen-bond donors (Lipinski definition) is 1. The van der Waals surface area contributed by atoms with Crippen molar-refractivity contribution in [2.75, 3.05) is 50.8 Å². The zero-order valence-corrected chi connectivity index (χ0v) is 20.3. The lowest BCUT2D eigenvalue weighted by Gasteiger charge is -2.37. The van der Waals surface area contributed by atoms with Crippen LogP contribution in [0.3, 0.4) is 0 Å². The first-order valence-corrected chi connectivity index (χ1v) is 13.0. The normalized spacial score (nSPS) is 24.9. The van der Waals surface area contributed by atoms with Crippen LogP contribution in [-0.4, -0.2) is 74.1 Å². The van der Waals surface area contributed by atoms with Crippen molar-refractivity contribution in [3.8, 4) is 0 Å². The van der Waals surface area contributed by atoms with E-state index in [0.717, 1.165) is 86.7 Å². The standard InChI is InChI=1S/C26H38N4O4/c1-19-18-27-25(23-9-17-33-24(19)23)30-13-11-29(12-14-30)10-6-20-2-4-21(5-3-20)28-26(31)34-22-7-15-32-16-8-22/h9,17-18,20-22H,2-8,10-16H2,1H3,(H,28,31). The molecule has 0 aromatic carbocycles. The Morgan fingerprint density at radius 1 is 1.12 bits per heavy atom. The van der Waals surface area contributed by atoms with Crippen molar-refractivity contribution in [1.29, 1.82) is 0 Å². The first kappa shape index (κ1) is 23.4. The van der Waals surface area contributed by atoms with Gasteiger partial charge in [-0.2, -0.15) is 0 Å². The fourth-order valence-electron chi connectivity index (χ4n) is 5.62. The van der Waals surface area contributed by atoms with E-state index < -0.39 is 0 Å². The van der Waals surface area contributed by atoms with Crippen molar-refractivity contribution < 1.29 is 18.7 Å². The summed E-state index contributed by atoms with van der Waals surface area (Å²) in [6, 6.07) is 2.29. The van der Waals surface area contributed by atoms with Gasteiger partial charge < -0.3 is 24.1 Å². The third-order valence-corrected chi connectivity index (χ3v) is 7.78. The first-order valence-electron chi connectivity index (χ1n) is 13.0. The van der Waals surface area contributed by atoms with Crippen LogP contribution in [0.15, 0.2) is 22.9 Å². The van der Waals surface area contributed by atoms with Gasteiger partial charge in [0.1, 0.15) is 17.5 Å². The molecule has 34 heavy (non-hydrogen) atoms. The van der Waals surface area contributed by atoms with Gasteiger partial charge in [-0.3, -0.25) is 4.90 Å². The van der Waals surface area contributed by atoms with Crippen LogP contribution in [0.25, 0.3) is 11.0 Å². The zero-order valence-electron chi connectivity index (χ0n) is 20.3. The number of carbonyl (C=O) groups is 1. The molecule has 1 aliphatic carbocycles. The van der Waals surface area contributed by atoms with Crippen LogP contribution in [0, 0.1) is 12.8 Å². The molecule has 0 radical (unpaired) electrons. The second kappa shape index (κ2) is 11.0. The van der Waals surface area contributed by atoms with Crippen LogP contribution < -0.4 is 10.2 Å². The van der Waals surface area contributed by atoms with E-state index in [0.29, 0.717) is 13.2 Å². The highest BCUT2D eigenvalue weighted by atomic mass is 16.6. The average Bonchev–Trinajstić information content (AvgIpc) is 3.36. The van der Waals surface area contributed by atoms with E-state index in [1.165, 1.54) is 19.3 Å². The Morgan fingerprint density at radius 3 is 2.65 bits per heavy atom. The molecule has 0 unspecified atom stereocenters. The molecular weight excluding hydrogens is 432 g/mol. The third kappa shape index (κ3) is 5.66. The smallest absolute Gasteiger partial charge is 0.407 e. The molecule has 8 nitrogen and oxygen atoms in total. The Balaban J connectivity index is 0.999. The summed E-state index contributed by atoms with van der Waals surface area (Å²) in [5.74, 6) is 1.81. The molecule has 1 amide bonds. The average molecular weight is 471 g/mol. The molecule has 3 fully saturated rings. The van der Waals surface area contributed by atoms with E-state index in [-0.39, 0.29) is 18.2 Å². The maximum Gasteiger partial charge on any atom is 0.407 e. The number of nitrogens with one attached hydrogen (secondary N) is 1. The van der Waals surface area contributed by atoms with Crippen molar-refractivity contribution in [3.63, 3.8) is 0 Å². The van der Waals surface area contributed by atoms with Gasteiger partial charge in [-0.25, -0.2) is 9.78 Å². The third-order valence-electron chi connectivity index (χ3n) is 7.78. The lowest BCUT2D eigenvalue weighted by atomic mass is 9.84. The van der Waals surface area contributed by atoms with Gasteiger partial charge in [0.2, 0.25) is 0 Å². The molecule has 5 rings (SSSR count). The number of nitrogens with zero attached hydrogens (tertiary/aromatic N) is 3. The number of ether oxygens (including phenoxy) is 2. The number of amides is 1. The molecule has 186 valence electrons. The van der Waals surface area contributed by atoms with E-state index in [1.54, 1.807) is 6.26 Å². The van der Waals surface area contributed by atoms with Gasteiger partial charge in [0.05, 0.1) is 24.9 Å². The number of aryl methyl sites for hydroxylation is 1. The Hall–Kier alpha value is -2.32. The van der Waals surface area contributed by atoms with Gasteiger partial charge in [-0.05, 0) is 57.6 Å². The summed E-state index contributed by atoms with van der Waals surface area (Å²) in [5.41, 5.74) is 2.04. The zero-order chi connectivity index (χ0) is 23.3. The van der Waals surface area contributed by atoms with Crippen LogP contribution in [0.5, 0.6) is 0 Å². The van der Waals surface area contributed by atoms with E-state index in [1.807, 2.05) is 19.2 Å². The number of aromatic nitrogens is 1. The first-order chi connectivity index (χ1) is 16.7. The molecule has 0 spiro atoms. The van der Waals surface area contributed by atoms with Crippen molar-refractivity contribution in [2.45, 2.75) is 64.0 Å². The largest absolute Gasteiger partial charge is 0.464 e. The Bertz CT molecular complexity index is 941. The Morgan fingerprint density at radius 2 is 1.88 bits per heavy atom. The van der Waals surface area contributed by atoms with E-state index in [4.69, 9.17) is 18.9 Å². The summed E-state index contributed by atoms with van der Waals surface area (Å²) in [6.45, 7) is 8.73. The number of carbonyl (C=O) groups excluding carboxylic acids is 1. The molecule has 0 atom stereocenters. The van der Waals surface area contributed by atoms with Crippen molar-refractivity contribution >= 4 is 22.9 Å². The highest BCUT2D eigenvalue weighted by Gasteiger charge is 2.26. The van der Waals surface area contributed by atoms with E-state index >= 15 is 0 Å². The minimum Gasteiger partial charge on any atom is -0.464 e. The molecule has 2 saturated heterocycles. The number of fused-ring (bicyclic) bond motifs is 1. The van der Waals surface area contributed by atoms with Crippen LogP contribution in [0.2, 0.25) is 0 Å². The number of alkyl carbamates (subject to hydrolysis) is 1. The molecular formula is C26H38N4O4. The number of furan rings is 1. The molecule has 2 aromatic rings. The van der Waals surface area contributed by atoms with Crippen LogP contribution in [0.4, 0.5) is 10.6 Å². The number of rotatable bonds is 6. The van der Waals surface area contributed by atoms with Gasteiger partial charge >= 0.3 is 6.09 Å². The maximum absolute atomic E-state index is 12.2. The number of pyridine rings is 1. The molecule has 2 aromatic heterocycles. The van der Waals surface area contributed by atoms with Crippen molar-refractivity contribution in [2.24, 2.45) is 5.92 Å². The number of hydrogen-bond acceptors (Lipinski definition) is 7. The van der Waals surface area contributed by atoms with Gasteiger partial charge in [-0.15, -0.1) is 0 Å². The van der Waals surface area contributed by atoms with Crippen LogP contribution >= 0.6 is 0 Å². The predicted molar refractivity (Wildman–Crippen MR) is 131 cm³/mol. The second-order valence-corrected chi connectivity index (χ2v) is 10.1. The van der Waals surface area contributed by atoms with Gasteiger partial charge in [0.15, 0.2) is 0 Å². The number of piperazine rings is 1. The summed E-state index contributed by atoms with van der Waals surface area (Å²) in [7, 11) is 0. The molecule has 2 aliphatic heterocycles. The molecule has 8 heteroatoms. The molecule has 3 aliphatic rings. The maximum atomic E-state index is 12.2. The Kier molecular flexibility index (Phi) is 7.54. The topological polar surface area (TPSA) is 80.1 Å². The summed E-state index contributed by atoms with van der Waals surface area (Å²) in [4.78, 5) is 21.9. The van der Waals surface area contributed by atoms with Crippen molar-refractivity contribution in [1.82, 2.24) is 15.2 Å². The fourth-order valence-corrected chi connectivity index (χ4v) is 5.62.